The topological polar surface area (TPSA) is 91.2 Å². The summed E-state index contributed by atoms with van der Waals surface area (Å²) in [5.74, 6) is 0.916. The fraction of sp³-hybridized carbons (Fsp3) is 0.125. The van der Waals surface area contributed by atoms with E-state index in [0.717, 1.165) is 0 Å². The van der Waals surface area contributed by atoms with Crippen molar-refractivity contribution in [2.75, 3.05) is 19.5 Å². The third-order valence-corrected chi connectivity index (χ3v) is 3.33. The van der Waals surface area contributed by atoms with Crippen LogP contribution in [0.1, 0.15) is 10.4 Å². The van der Waals surface area contributed by atoms with Gasteiger partial charge in [-0.1, -0.05) is 6.07 Å². The first kappa shape index (κ1) is 15.5. The Morgan fingerprint density at radius 1 is 1.08 bits per heavy atom. The van der Waals surface area contributed by atoms with Crippen LogP contribution < -0.4 is 14.8 Å². The summed E-state index contributed by atoms with van der Waals surface area (Å²) < 4.78 is 11.9. The molecule has 1 aromatic heterocycles. The molecule has 1 amide bonds. The zero-order valence-electron chi connectivity index (χ0n) is 13.1. The molecule has 0 aliphatic heterocycles. The van der Waals surface area contributed by atoms with Crippen LogP contribution in [0.4, 0.5) is 5.69 Å². The lowest BCUT2D eigenvalue weighted by atomic mass is 10.2. The summed E-state index contributed by atoms with van der Waals surface area (Å²) in [6.07, 6.45) is 1.46. The van der Waals surface area contributed by atoms with Crippen molar-refractivity contribution in [1.29, 1.82) is 0 Å². The van der Waals surface area contributed by atoms with Gasteiger partial charge in [-0.25, -0.2) is 4.68 Å². The van der Waals surface area contributed by atoms with Gasteiger partial charge in [0.05, 0.1) is 19.9 Å². The molecule has 8 nitrogen and oxygen atoms in total. The van der Waals surface area contributed by atoms with Gasteiger partial charge >= 0.3 is 0 Å². The Bertz CT molecular complexity index is 826. The van der Waals surface area contributed by atoms with Crippen LogP contribution in [-0.4, -0.2) is 40.3 Å². The summed E-state index contributed by atoms with van der Waals surface area (Å²) in [5.41, 5.74) is 1.74. The molecule has 0 saturated heterocycles. The molecular formula is C16H15N5O3. The highest BCUT2D eigenvalue weighted by Gasteiger charge is 2.10. The summed E-state index contributed by atoms with van der Waals surface area (Å²) in [6.45, 7) is 0. The maximum absolute atomic E-state index is 12.5. The van der Waals surface area contributed by atoms with Crippen molar-refractivity contribution in [1.82, 2.24) is 20.2 Å². The summed E-state index contributed by atoms with van der Waals surface area (Å²) in [4.78, 5) is 12.5. The average Bonchev–Trinajstić information content (AvgIpc) is 3.16. The molecule has 1 heterocycles. The van der Waals surface area contributed by atoms with E-state index in [4.69, 9.17) is 9.47 Å². The molecular weight excluding hydrogens is 310 g/mol. The number of nitrogens with one attached hydrogen (secondary N) is 1. The lowest BCUT2D eigenvalue weighted by molar-refractivity contribution is 0.102. The van der Waals surface area contributed by atoms with Gasteiger partial charge in [0.1, 0.15) is 17.8 Å². The molecule has 0 radical (unpaired) electrons. The van der Waals surface area contributed by atoms with Gasteiger partial charge in [0.2, 0.25) is 0 Å². The number of methoxy groups -OCH3 is 2. The number of carbonyl (C=O) groups is 1. The number of rotatable bonds is 5. The molecule has 3 rings (SSSR count). The van der Waals surface area contributed by atoms with Crippen LogP contribution in [0.3, 0.4) is 0 Å². The Morgan fingerprint density at radius 3 is 2.46 bits per heavy atom. The lowest BCUT2D eigenvalue weighted by Crippen LogP contribution is -2.12. The van der Waals surface area contributed by atoms with Crippen molar-refractivity contribution >= 4 is 11.6 Å². The first-order valence-electron chi connectivity index (χ1n) is 7.07. The van der Waals surface area contributed by atoms with Crippen LogP contribution in [0.25, 0.3) is 5.69 Å². The molecule has 1 N–H and O–H groups in total. The number of aromatic nitrogens is 4. The van der Waals surface area contributed by atoms with Gasteiger partial charge in [0, 0.05) is 29.4 Å². The Labute approximate surface area is 138 Å². The Morgan fingerprint density at radius 2 is 1.83 bits per heavy atom. The number of nitrogens with zero attached hydrogens (tertiary/aromatic N) is 4. The largest absolute Gasteiger partial charge is 0.497 e. The zero-order chi connectivity index (χ0) is 16.9. The first-order valence-corrected chi connectivity index (χ1v) is 7.07. The van der Waals surface area contributed by atoms with Crippen LogP contribution in [0.15, 0.2) is 48.8 Å². The van der Waals surface area contributed by atoms with E-state index in [-0.39, 0.29) is 5.91 Å². The van der Waals surface area contributed by atoms with E-state index in [2.05, 4.69) is 20.8 Å². The number of hydrogen-bond acceptors (Lipinski definition) is 6. The van der Waals surface area contributed by atoms with Crippen molar-refractivity contribution in [3.8, 4) is 17.2 Å². The Hall–Kier alpha value is -3.42. The van der Waals surface area contributed by atoms with Crippen LogP contribution >= 0.6 is 0 Å². The summed E-state index contributed by atoms with van der Waals surface area (Å²) in [5, 5.41) is 13.8. The highest BCUT2D eigenvalue weighted by atomic mass is 16.5. The minimum absolute atomic E-state index is 0.264. The number of carbonyl (C=O) groups excluding carboxylic acids is 1. The quantitative estimate of drug-likeness (QED) is 0.771. The second-order valence-electron chi connectivity index (χ2n) is 4.86. The number of ether oxygens (including phenoxy) is 2. The molecule has 0 unspecified atom stereocenters. The standard InChI is InChI=1S/C16H15N5O3/c1-23-14-7-12(8-15(9-14)24-2)18-16(22)11-4-3-5-13(6-11)21-10-17-19-20-21/h3-10H,1-2H3,(H,18,22). The van der Waals surface area contributed by atoms with Gasteiger partial charge < -0.3 is 14.8 Å². The molecule has 0 fully saturated rings. The second-order valence-corrected chi connectivity index (χ2v) is 4.86. The maximum atomic E-state index is 12.5. The van der Waals surface area contributed by atoms with Crippen LogP contribution in [0.5, 0.6) is 11.5 Å². The number of tetrazole rings is 1. The summed E-state index contributed by atoms with van der Waals surface area (Å²) >= 11 is 0. The third kappa shape index (κ3) is 3.32. The van der Waals surface area contributed by atoms with E-state index >= 15 is 0 Å². The maximum Gasteiger partial charge on any atom is 0.255 e. The predicted molar refractivity (Wildman–Crippen MR) is 86.7 cm³/mol. The molecule has 3 aromatic rings. The van der Waals surface area contributed by atoms with Gasteiger partial charge in [0.25, 0.3) is 5.91 Å². The van der Waals surface area contributed by atoms with Crippen LogP contribution in [0, 0.1) is 0 Å². The first-order chi connectivity index (χ1) is 11.7. The van der Waals surface area contributed by atoms with Crippen LogP contribution in [0.2, 0.25) is 0 Å². The van der Waals surface area contributed by atoms with E-state index < -0.39 is 0 Å². The number of amides is 1. The fourth-order valence-electron chi connectivity index (χ4n) is 2.15. The number of benzene rings is 2. The van der Waals surface area contributed by atoms with E-state index in [1.54, 1.807) is 50.6 Å². The van der Waals surface area contributed by atoms with Gasteiger partial charge in [-0.15, -0.1) is 5.10 Å². The van der Waals surface area contributed by atoms with Gasteiger partial charge in [-0.2, -0.15) is 0 Å². The zero-order valence-corrected chi connectivity index (χ0v) is 13.1. The highest BCUT2D eigenvalue weighted by Crippen LogP contribution is 2.26. The van der Waals surface area contributed by atoms with Gasteiger partial charge in [-0.05, 0) is 28.6 Å². The van der Waals surface area contributed by atoms with Gasteiger partial charge in [0.15, 0.2) is 0 Å². The predicted octanol–water partition coefficient (Wildman–Crippen LogP) is 1.93. The smallest absolute Gasteiger partial charge is 0.255 e. The van der Waals surface area contributed by atoms with Crippen molar-refractivity contribution in [2.45, 2.75) is 0 Å². The highest BCUT2D eigenvalue weighted by molar-refractivity contribution is 6.04. The Balaban J connectivity index is 1.84. The molecule has 0 aliphatic carbocycles. The minimum Gasteiger partial charge on any atom is -0.497 e. The molecule has 24 heavy (non-hydrogen) atoms. The minimum atomic E-state index is -0.264. The van der Waals surface area contributed by atoms with E-state index in [1.165, 1.54) is 11.0 Å². The third-order valence-electron chi connectivity index (χ3n) is 3.33. The van der Waals surface area contributed by atoms with E-state index in [9.17, 15) is 4.79 Å². The van der Waals surface area contributed by atoms with E-state index in [1.807, 2.05) is 6.07 Å². The van der Waals surface area contributed by atoms with E-state index in [0.29, 0.717) is 28.4 Å². The molecule has 122 valence electrons. The lowest BCUT2D eigenvalue weighted by Gasteiger charge is -2.10. The van der Waals surface area contributed by atoms with Crippen molar-refractivity contribution in [2.24, 2.45) is 0 Å². The average molecular weight is 325 g/mol. The number of anilines is 1. The molecule has 0 saturated carbocycles. The molecule has 8 heteroatoms. The monoisotopic (exact) mass is 325 g/mol. The summed E-state index contributed by atoms with van der Waals surface area (Å²) in [7, 11) is 3.10. The summed E-state index contributed by atoms with van der Waals surface area (Å²) in [6, 6.07) is 12.1. The molecule has 0 aliphatic rings. The second kappa shape index (κ2) is 6.78. The van der Waals surface area contributed by atoms with Gasteiger partial charge in [-0.3, -0.25) is 4.79 Å². The Kier molecular flexibility index (Phi) is 4.37. The molecule has 0 bridgehead atoms. The van der Waals surface area contributed by atoms with Crippen molar-refractivity contribution < 1.29 is 14.3 Å². The number of hydrogen-bond donors (Lipinski definition) is 1. The van der Waals surface area contributed by atoms with Crippen molar-refractivity contribution in [3.63, 3.8) is 0 Å². The molecule has 2 aromatic carbocycles. The fourth-order valence-corrected chi connectivity index (χ4v) is 2.15. The molecule has 0 spiro atoms. The van der Waals surface area contributed by atoms with Crippen molar-refractivity contribution in [3.05, 3.63) is 54.4 Å². The molecule has 0 atom stereocenters. The normalized spacial score (nSPS) is 10.2. The van der Waals surface area contributed by atoms with Crippen LogP contribution in [-0.2, 0) is 0 Å². The SMILES string of the molecule is COc1cc(NC(=O)c2cccc(-n3cnnn3)c2)cc(OC)c1.